The molecule has 9 nitrogen and oxygen atoms in total. The molecular formula is C20H20N6O3. The van der Waals surface area contributed by atoms with Gasteiger partial charge in [0.05, 0.1) is 11.5 Å². The third kappa shape index (κ3) is 4.23. The Morgan fingerprint density at radius 1 is 1.17 bits per heavy atom. The minimum atomic E-state index is -0.427. The Balaban J connectivity index is 1.52. The maximum absolute atomic E-state index is 12.7. The first kappa shape index (κ1) is 18.6. The van der Waals surface area contributed by atoms with E-state index in [9.17, 15) is 14.9 Å². The molecule has 0 bridgehead atoms. The number of carbonyl (C=O) groups is 1. The smallest absolute Gasteiger partial charge is 0.293 e. The highest BCUT2D eigenvalue weighted by Crippen LogP contribution is 2.31. The van der Waals surface area contributed by atoms with Crippen molar-refractivity contribution < 1.29 is 9.72 Å². The molecule has 1 aliphatic heterocycles. The molecule has 148 valence electrons. The second kappa shape index (κ2) is 8.09. The molecule has 0 unspecified atom stereocenters. The normalized spacial score (nSPS) is 13.4. The van der Waals surface area contributed by atoms with Gasteiger partial charge in [0, 0.05) is 30.4 Å². The Kier molecular flexibility index (Phi) is 5.19. The molecule has 9 heteroatoms. The van der Waals surface area contributed by atoms with Crippen LogP contribution in [-0.2, 0) is 6.54 Å². The zero-order chi connectivity index (χ0) is 20.2. The number of aromatic nitrogens is 3. The van der Waals surface area contributed by atoms with Gasteiger partial charge in [-0.1, -0.05) is 12.1 Å². The maximum atomic E-state index is 12.7. The summed E-state index contributed by atoms with van der Waals surface area (Å²) in [5.74, 6) is -0.390. The Morgan fingerprint density at radius 3 is 2.72 bits per heavy atom. The molecule has 0 atom stereocenters. The minimum Gasteiger partial charge on any atom is -0.366 e. The average Bonchev–Trinajstić information content (AvgIpc) is 3.42. The van der Waals surface area contributed by atoms with Crippen LogP contribution in [0, 0.1) is 10.1 Å². The molecule has 0 saturated carbocycles. The second-order valence-electron chi connectivity index (χ2n) is 6.90. The number of nitrogens with one attached hydrogen (secondary N) is 1. The van der Waals surface area contributed by atoms with Crippen LogP contribution in [0.15, 0.2) is 55.1 Å². The Bertz CT molecular complexity index is 1030. The lowest BCUT2D eigenvalue weighted by Crippen LogP contribution is -2.19. The highest BCUT2D eigenvalue weighted by molar-refractivity contribution is 6.05. The SMILES string of the molecule is O=C(Nc1cccc(Cn2cncn2)c1)c1ccc(N2CCCC2)c([N+](=O)[O-])c1. The van der Waals surface area contributed by atoms with Crippen molar-refractivity contribution >= 4 is 23.0 Å². The highest BCUT2D eigenvalue weighted by Gasteiger charge is 2.23. The topological polar surface area (TPSA) is 106 Å². The van der Waals surface area contributed by atoms with Crippen LogP contribution >= 0.6 is 0 Å². The summed E-state index contributed by atoms with van der Waals surface area (Å²) < 4.78 is 1.68. The number of nitro groups is 1. The molecule has 1 aromatic heterocycles. The van der Waals surface area contributed by atoms with Gasteiger partial charge in [-0.05, 0) is 42.7 Å². The maximum Gasteiger partial charge on any atom is 0.293 e. The van der Waals surface area contributed by atoms with E-state index in [1.54, 1.807) is 29.2 Å². The Morgan fingerprint density at radius 2 is 2.00 bits per heavy atom. The van der Waals surface area contributed by atoms with Crippen LogP contribution in [-0.4, -0.2) is 38.7 Å². The third-order valence-electron chi connectivity index (χ3n) is 4.88. The molecule has 3 aromatic rings. The summed E-state index contributed by atoms with van der Waals surface area (Å²) in [6.07, 6.45) is 5.12. The molecule has 0 radical (unpaired) electrons. The van der Waals surface area contributed by atoms with Crippen molar-refractivity contribution in [2.45, 2.75) is 19.4 Å². The molecular weight excluding hydrogens is 372 g/mol. The monoisotopic (exact) mass is 392 g/mol. The number of nitrogens with zero attached hydrogens (tertiary/aromatic N) is 5. The first-order valence-electron chi connectivity index (χ1n) is 9.36. The van der Waals surface area contributed by atoms with Crippen molar-refractivity contribution in [3.63, 3.8) is 0 Å². The van der Waals surface area contributed by atoms with Crippen molar-refractivity contribution in [2.24, 2.45) is 0 Å². The van der Waals surface area contributed by atoms with E-state index in [0.29, 0.717) is 17.9 Å². The lowest BCUT2D eigenvalue weighted by molar-refractivity contribution is -0.384. The van der Waals surface area contributed by atoms with Crippen LogP contribution < -0.4 is 10.2 Å². The van der Waals surface area contributed by atoms with E-state index in [2.05, 4.69) is 15.4 Å². The van der Waals surface area contributed by atoms with Crippen LogP contribution in [0.4, 0.5) is 17.1 Å². The first-order chi connectivity index (χ1) is 14.1. The van der Waals surface area contributed by atoms with E-state index in [4.69, 9.17) is 0 Å². The van der Waals surface area contributed by atoms with Gasteiger partial charge >= 0.3 is 0 Å². The zero-order valence-corrected chi connectivity index (χ0v) is 15.7. The van der Waals surface area contributed by atoms with Gasteiger partial charge in [0.1, 0.15) is 18.3 Å². The van der Waals surface area contributed by atoms with Crippen molar-refractivity contribution in [2.75, 3.05) is 23.3 Å². The number of carbonyl (C=O) groups excluding carboxylic acids is 1. The molecule has 2 aromatic carbocycles. The Labute approximate surface area is 167 Å². The van der Waals surface area contributed by atoms with E-state index in [1.165, 1.54) is 12.4 Å². The van der Waals surface area contributed by atoms with E-state index < -0.39 is 4.92 Å². The summed E-state index contributed by atoms with van der Waals surface area (Å²) in [5, 5.41) is 18.4. The van der Waals surface area contributed by atoms with Crippen LogP contribution in [0.2, 0.25) is 0 Å². The number of benzene rings is 2. The predicted octanol–water partition coefficient (Wildman–Crippen LogP) is 3.09. The number of rotatable bonds is 6. The summed E-state index contributed by atoms with van der Waals surface area (Å²) in [4.78, 5) is 29.7. The van der Waals surface area contributed by atoms with Crippen molar-refractivity contribution in [1.29, 1.82) is 0 Å². The molecule has 4 rings (SSSR count). The quantitative estimate of drug-likeness (QED) is 0.510. The van der Waals surface area contributed by atoms with Gasteiger partial charge in [-0.15, -0.1) is 0 Å². The largest absolute Gasteiger partial charge is 0.366 e. The van der Waals surface area contributed by atoms with Crippen molar-refractivity contribution in [1.82, 2.24) is 14.8 Å². The average molecular weight is 392 g/mol. The summed E-state index contributed by atoms with van der Waals surface area (Å²) in [6.45, 7) is 2.12. The Hall–Kier alpha value is -3.75. The van der Waals surface area contributed by atoms with Gasteiger partial charge in [-0.3, -0.25) is 14.9 Å². The molecule has 0 spiro atoms. The molecule has 1 amide bonds. The summed E-state index contributed by atoms with van der Waals surface area (Å²) in [7, 11) is 0. The van der Waals surface area contributed by atoms with Crippen molar-refractivity contribution in [3.8, 4) is 0 Å². The van der Waals surface area contributed by atoms with Gasteiger partial charge in [-0.2, -0.15) is 5.10 Å². The number of amides is 1. The fourth-order valence-electron chi connectivity index (χ4n) is 3.49. The van der Waals surface area contributed by atoms with Crippen LogP contribution in [0.3, 0.4) is 0 Å². The highest BCUT2D eigenvalue weighted by atomic mass is 16.6. The number of hydrogen-bond acceptors (Lipinski definition) is 6. The third-order valence-corrected chi connectivity index (χ3v) is 4.88. The number of nitro benzene ring substituents is 1. The second-order valence-corrected chi connectivity index (χ2v) is 6.90. The van der Waals surface area contributed by atoms with Gasteiger partial charge in [-0.25, -0.2) is 9.67 Å². The van der Waals surface area contributed by atoms with Gasteiger partial charge in [0.15, 0.2) is 0 Å². The summed E-state index contributed by atoms with van der Waals surface area (Å²) >= 11 is 0. The summed E-state index contributed by atoms with van der Waals surface area (Å²) in [5.41, 5.74) is 2.34. The van der Waals surface area contributed by atoms with E-state index in [0.717, 1.165) is 31.5 Å². The van der Waals surface area contributed by atoms with E-state index in [1.807, 2.05) is 23.1 Å². The van der Waals surface area contributed by atoms with Crippen LogP contribution in [0.5, 0.6) is 0 Å². The molecule has 1 N–H and O–H groups in total. The van der Waals surface area contributed by atoms with Gasteiger partial charge < -0.3 is 10.2 Å². The van der Waals surface area contributed by atoms with Crippen LogP contribution in [0.1, 0.15) is 28.8 Å². The molecule has 1 aliphatic rings. The molecule has 0 aliphatic carbocycles. The molecule has 1 saturated heterocycles. The zero-order valence-electron chi connectivity index (χ0n) is 15.7. The first-order valence-corrected chi connectivity index (χ1v) is 9.36. The van der Waals surface area contributed by atoms with Gasteiger partial charge in [0.25, 0.3) is 11.6 Å². The van der Waals surface area contributed by atoms with Crippen molar-refractivity contribution in [3.05, 3.63) is 76.4 Å². The van der Waals surface area contributed by atoms with Gasteiger partial charge in [0.2, 0.25) is 0 Å². The molecule has 29 heavy (non-hydrogen) atoms. The fraction of sp³-hybridized carbons (Fsp3) is 0.250. The fourth-order valence-corrected chi connectivity index (χ4v) is 3.49. The molecule has 2 heterocycles. The standard InChI is InChI=1S/C20H20N6O3/c27-20(23-17-5-3-4-15(10-17)12-25-14-21-13-22-25)16-6-7-18(19(11-16)26(28)29)24-8-1-2-9-24/h3-7,10-11,13-14H,1-2,8-9,12H2,(H,23,27). The summed E-state index contributed by atoms with van der Waals surface area (Å²) in [6, 6.07) is 12.0. The van der Waals surface area contributed by atoms with E-state index >= 15 is 0 Å². The minimum absolute atomic E-state index is 0.0421. The number of hydrogen-bond donors (Lipinski definition) is 1. The van der Waals surface area contributed by atoms with Crippen LogP contribution in [0.25, 0.3) is 0 Å². The lowest BCUT2D eigenvalue weighted by Gasteiger charge is -2.17. The predicted molar refractivity (Wildman–Crippen MR) is 108 cm³/mol. The lowest BCUT2D eigenvalue weighted by atomic mass is 10.1. The number of anilines is 2. The molecule has 1 fully saturated rings. The van der Waals surface area contributed by atoms with E-state index in [-0.39, 0.29) is 17.2 Å².